The van der Waals surface area contributed by atoms with Crippen molar-refractivity contribution in [2.24, 2.45) is 5.92 Å². The Morgan fingerprint density at radius 3 is 3.22 bits per heavy atom. The monoisotopic (exact) mass is 244 g/mol. The predicted molar refractivity (Wildman–Crippen MR) is 71.9 cm³/mol. The molecule has 0 aliphatic heterocycles. The number of hydrogen-bond donors (Lipinski definition) is 1. The van der Waals surface area contributed by atoms with Gasteiger partial charge in [-0.05, 0) is 37.8 Å². The molecule has 1 aliphatic rings. The first-order chi connectivity index (χ1) is 8.77. The van der Waals surface area contributed by atoms with Gasteiger partial charge in [0.2, 0.25) is 5.91 Å². The van der Waals surface area contributed by atoms with Crippen LogP contribution in [0.5, 0.6) is 0 Å². The van der Waals surface area contributed by atoms with E-state index in [-0.39, 0.29) is 11.8 Å². The maximum Gasteiger partial charge on any atom is 0.227 e. The van der Waals surface area contributed by atoms with Crippen LogP contribution in [-0.4, -0.2) is 10.9 Å². The Bertz CT molecular complexity index is 440. The van der Waals surface area contributed by atoms with E-state index in [1.807, 2.05) is 19.1 Å². The number of nitrogens with one attached hydrogen (secondary N) is 1. The molecule has 1 heterocycles. The molecule has 18 heavy (non-hydrogen) atoms. The zero-order valence-corrected chi connectivity index (χ0v) is 10.9. The van der Waals surface area contributed by atoms with Gasteiger partial charge in [0, 0.05) is 18.4 Å². The molecule has 2 rings (SSSR count). The van der Waals surface area contributed by atoms with Crippen LogP contribution in [0.3, 0.4) is 0 Å². The van der Waals surface area contributed by atoms with E-state index >= 15 is 0 Å². The van der Waals surface area contributed by atoms with Gasteiger partial charge in [-0.1, -0.05) is 24.6 Å². The molecule has 0 bridgehead atoms. The lowest BCUT2D eigenvalue weighted by Crippen LogP contribution is -2.29. The Balaban J connectivity index is 1.90. The fourth-order valence-corrected chi connectivity index (χ4v) is 2.22. The van der Waals surface area contributed by atoms with Gasteiger partial charge in [-0.2, -0.15) is 0 Å². The van der Waals surface area contributed by atoms with Crippen LogP contribution in [0.15, 0.2) is 30.5 Å². The largest absolute Gasteiger partial charge is 0.351 e. The summed E-state index contributed by atoms with van der Waals surface area (Å²) in [7, 11) is 0. The van der Waals surface area contributed by atoms with E-state index < -0.39 is 0 Å². The second-order valence-electron chi connectivity index (χ2n) is 4.78. The molecule has 0 radical (unpaired) electrons. The van der Waals surface area contributed by atoms with E-state index in [1.54, 1.807) is 6.20 Å². The van der Waals surface area contributed by atoms with Crippen LogP contribution in [0, 0.1) is 12.8 Å². The second kappa shape index (κ2) is 6.34. The summed E-state index contributed by atoms with van der Waals surface area (Å²) < 4.78 is 0. The zero-order chi connectivity index (χ0) is 12.8. The SMILES string of the molecule is Cc1ncccc1CNC(=O)C1C=CCCCC1. The van der Waals surface area contributed by atoms with Crippen LogP contribution in [0.2, 0.25) is 0 Å². The van der Waals surface area contributed by atoms with Crippen molar-refractivity contribution in [3.8, 4) is 0 Å². The number of hydrogen-bond acceptors (Lipinski definition) is 2. The molecular weight excluding hydrogens is 224 g/mol. The molecule has 96 valence electrons. The lowest BCUT2D eigenvalue weighted by Gasteiger charge is -2.12. The number of nitrogens with zero attached hydrogens (tertiary/aromatic N) is 1. The molecule has 1 atom stereocenters. The number of amides is 1. The second-order valence-corrected chi connectivity index (χ2v) is 4.78. The third kappa shape index (κ3) is 3.42. The third-order valence-corrected chi connectivity index (χ3v) is 3.41. The number of aryl methyl sites for hydroxylation is 1. The minimum absolute atomic E-state index is 0.0458. The Kier molecular flexibility index (Phi) is 4.51. The molecule has 1 amide bonds. The van der Waals surface area contributed by atoms with Crippen molar-refractivity contribution in [1.82, 2.24) is 10.3 Å². The van der Waals surface area contributed by atoms with Gasteiger partial charge < -0.3 is 5.32 Å². The Hall–Kier alpha value is -1.64. The van der Waals surface area contributed by atoms with Crippen LogP contribution in [0.1, 0.15) is 36.9 Å². The molecule has 1 aromatic heterocycles. The van der Waals surface area contributed by atoms with Crippen molar-refractivity contribution in [3.05, 3.63) is 41.7 Å². The van der Waals surface area contributed by atoms with Gasteiger partial charge in [-0.25, -0.2) is 0 Å². The highest BCUT2D eigenvalue weighted by molar-refractivity contribution is 5.80. The van der Waals surface area contributed by atoms with Gasteiger partial charge in [-0.3, -0.25) is 9.78 Å². The van der Waals surface area contributed by atoms with Gasteiger partial charge in [0.25, 0.3) is 0 Å². The number of aromatic nitrogens is 1. The fourth-order valence-electron chi connectivity index (χ4n) is 2.22. The molecule has 3 nitrogen and oxygen atoms in total. The van der Waals surface area contributed by atoms with Gasteiger partial charge in [0.05, 0.1) is 5.92 Å². The van der Waals surface area contributed by atoms with E-state index in [2.05, 4.69) is 22.5 Å². The minimum Gasteiger partial charge on any atom is -0.351 e. The molecule has 1 N–H and O–H groups in total. The zero-order valence-electron chi connectivity index (χ0n) is 10.9. The van der Waals surface area contributed by atoms with Crippen LogP contribution in [0.25, 0.3) is 0 Å². The van der Waals surface area contributed by atoms with E-state index in [4.69, 9.17) is 0 Å². The van der Waals surface area contributed by atoms with Crippen molar-refractivity contribution in [2.45, 2.75) is 39.2 Å². The van der Waals surface area contributed by atoms with Crippen molar-refractivity contribution in [1.29, 1.82) is 0 Å². The summed E-state index contributed by atoms with van der Waals surface area (Å²) in [5.74, 6) is 0.181. The normalized spacial score (nSPS) is 19.3. The van der Waals surface area contributed by atoms with E-state index in [0.717, 1.165) is 30.5 Å². The average Bonchev–Trinajstić information content (AvgIpc) is 2.66. The van der Waals surface area contributed by atoms with Gasteiger partial charge in [0.1, 0.15) is 0 Å². The summed E-state index contributed by atoms with van der Waals surface area (Å²) in [5, 5.41) is 3.01. The molecule has 1 aromatic rings. The quantitative estimate of drug-likeness (QED) is 0.831. The molecule has 0 aromatic carbocycles. The predicted octanol–water partition coefficient (Wildman–Crippen LogP) is 2.75. The molecular formula is C15H20N2O. The Morgan fingerprint density at radius 2 is 2.39 bits per heavy atom. The molecule has 0 spiro atoms. The first kappa shape index (κ1) is 12.8. The van der Waals surface area contributed by atoms with Gasteiger partial charge in [-0.15, -0.1) is 0 Å². The first-order valence-electron chi connectivity index (χ1n) is 6.62. The van der Waals surface area contributed by atoms with Crippen LogP contribution >= 0.6 is 0 Å². The maximum absolute atomic E-state index is 12.1. The maximum atomic E-state index is 12.1. The van der Waals surface area contributed by atoms with Crippen molar-refractivity contribution in [2.75, 3.05) is 0 Å². The molecule has 0 fully saturated rings. The summed E-state index contributed by atoms with van der Waals surface area (Å²) in [4.78, 5) is 16.3. The molecule has 0 saturated carbocycles. The first-order valence-corrected chi connectivity index (χ1v) is 6.62. The van der Waals surface area contributed by atoms with Crippen molar-refractivity contribution in [3.63, 3.8) is 0 Å². The molecule has 3 heteroatoms. The summed E-state index contributed by atoms with van der Waals surface area (Å²) in [6.07, 6.45) is 10.4. The highest BCUT2D eigenvalue weighted by Gasteiger charge is 2.16. The number of carbonyl (C=O) groups is 1. The topological polar surface area (TPSA) is 42.0 Å². The van der Waals surface area contributed by atoms with Crippen molar-refractivity contribution < 1.29 is 4.79 Å². The molecule has 1 unspecified atom stereocenters. The highest BCUT2D eigenvalue weighted by atomic mass is 16.1. The number of allylic oxidation sites excluding steroid dienone is 1. The lowest BCUT2D eigenvalue weighted by molar-refractivity contribution is -0.123. The smallest absolute Gasteiger partial charge is 0.227 e. The highest BCUT2D eigenvalue weighted by Crippen LogP contribution is 2.17. The summed E-state index contributed by atoms with van der Waals surface area (Å²) in [6.45, 7) is 2.54. The van der Waals surface area contributed by atoms with E-state index in [0.29, 0.717) is 6.54 Å². The minimum atomic E-state index is 0.0458. The number of carbonyl (C=O) groups excluding carboxylic acids is 1. The van der Waals surface area contributed by atoms with Crippen LogP contribution in [0.4, 0.5) is 0 Å². The van der Waals surface area contributed by atoms with Gasteiger partial charge in [0.15, 0.2) is 0 Å². The van der Waals surface area contributed by atoms with E-state index in [9.17, 15) is 4.79 Å². The van der Waals surface area contributed by atoms with Crippen LogP contribution in [-0.2, 0) is 11.3 Å². The number of pyridine rings is 1. The average molecular weight is 244 g/mol. The van der Waals surface area contributed by atoms with Crippen molar-refractivity contribution >= 4 is 5.91 Å². The fraction of sp³-hybridized carbons (Fsp3) is 0.467. The molecule has 0 saturated heterocycles. The standard InChI is InChI=1S/C15H20N2O/c1-12-14(9-6-10-16-12)11-17-15(18)13-7-4-2-3-5-8-13/h4,6-7,9-10,13H,2-3,5,8,11H2,1H3,(H,17,18). The summed E-state index contributed by atoms with van der Waals surface area (Å²) in [5.41, 5.74) is 2.07. The van der Waals surface area contributed by atoms with Crippen LogP contribution < -0.4 is 5.32 Å². The summed E-state index contributed by atoms with van der Waals surface area (Å²) >= 11 is 0. The summed E-state index contributed by atoms with van der Waals surface area (Å²) in [6, 6.07) is 3.91. The number of rotatable bonds is 3. The molecule has 1 aliphatic carbocycles. The lowest BCUT2D eigenvalue weighted by atomic mass is 10.0. The third-order valence-electron chi connectivity index (χ3n) is 3.41. The van der Waals surface area contributed by atoms with Gasteiger partial charge >= 0.3 is 0 Å². The van der Waals surface area contributed by atoms with E-state index in [1.165, 1.54) is 6.42 Å². The Labute approximate surface area is 108 Å². The Morgan fingerprint density at radius 1 is 1.50 bits per heavy atom.